The molecule has 2 rings (SSSR count). The molecule has 0 aromatic heterocycles. The molecular weight excluding hydrogens is 373 g/mol. The fourth-order valence-electron chi connectivity index (χ4n) is 2.62. The number of hydrogen-bond acceptors (Lipinski definition) is 3. The number of esters is 1. The van der Waals surface area contributed by atoms with Gasteiger partial charge in [-0.3, -0.25) is 4.79 Å². The third-order valence-electron chi connectivity index (χ3n) is 3.80. The SMILES string of the molecule is CCOC(=O)C1=C(C(=O)NCc2c(Cl)cc(Cl)cc2Cl)CCCC1. The molecule has 0 fully saturated rings. The van der Waals surface area contributed by atoms with Crippen molar-refractivity contribution in [1.29, 1.82) is 0 Å². The summed E-state index contributed by atoms with van der Waals surface area (Å²) in [5, 5.41) is 3.98. The molecule has 0 aliphatic heterocycles. The molecule has 1 amide bonds. The Morgan fingerprint density at radius 2 is 1.67 bits per heavy atom. The third kappa shape index (κ3) is 4.65. The van der Waals surface area contributed by atoms with Crippen LogP contribution in [0.2, 0.25) is 15.1 Å². The molecule has 1 aromatic rings. The number of nitrogens with one attached hydrogen (secondary N) is 1. The monoisotopic (exact) mass is 389 g/mol. The maximum Gasteiger partial charge on any atom is 0.334 e. The van der Waals surface area contributed by atoms with E-state index in [4.69, 9.17) is 39.5 Å². The lowest BCUT2D eigenvalue weighted by atomic mass is 9.91. The van der Waals surface area contributed by atoms with Gasteiger partial charge < -0.3 is 10.1 Å². The van der Waals surface area contributed by atoms with Gasteiger partial charge in [0.1, 0.15) is 0 Å². The number of halogens is 3. The van der Waals surface area contributed by atoms with Gasteiger partial charge in [0.25, 0.3) is 0 Å². The van der Waals surface area contributed by atoms with Gasteiger partial charge in [0.2, 0.25) is 5.91 Å². The molecule has 7 heteroatoms. The molecule has 0 bridgehead atoms. The second kappa shape index (κ2) is 8.75. The molecule has 1 N–H and O–H groups in total. The summed E-state index contributed by atoms with van der Waals surface area (Å²) in [4.78, 5) is 24.5. The van der Waals surface area contributed by atoms with E-state index in [1.54, 1.807) is 19.1 Å². The Kier molecular flexibility index (Phi) is 6.96. The Bertz CT molecular complexity index is 663. The van der Waals surface area contributed by atoms with Gasteiger partial charge >= 0.3 is 5.97 Å². The Labute approximate surface area is 156 Å². The van der Waals surface area contributed by atoms with E-state index in [0.717, 1.165) is 12.8 Å². The van der Waals surface area contributed by atoms with Crippen molar-refractivity contribution < 1.29 is 14.3 Å². The van der Waals surface area contributed by atoms with Crippen LogP contribution in [0.3, 0.4) is 0 Å². The van der Waals surface area contributed by atoms with E-state index < -0.39 is 5.97 Å². The lowest BCUT2D eigenvalue weighted by molar-refractivity contribution is -0.139. The van der Waals surface area contributed by atoms with Crippen LogP contribution in [0.4, 0.5) is 0 Å². The van der Waals surface area contributed by atoms with Crippen LogP contribution in [0.5, 0.6) is 0 Å². The zero-order valence-electron chi connectivity index (χ0n) is 13.3. The van der Waals surface area contributed by atoms with Crippen LogP contribution < -0.4 is 5.32 Å². The number of carbonyl (C=O) groups is 2. The average Bonchev–Trinajstić information content (AvgIpc) is 2.53. The Morgan fingerprint density at radius 1 is 1.08 bits per heavy atom. The first-order valence-electron chi connectivity index (χ1n) is 7.74. The Hall–Kier alpha value is -1.23. The van der Waals surface area contributed by atoms with Crippen molar-refractivity contribution in [3.05, 3.63) is 43.9 Å². The lowest BCUT2D eigenvalue weighted by Gasteiger charge is -2.19. The van der Waals surface area contributed by atoms with E-state index in [2.05, 4.69) is 5.32 Å². The van der Waals surface area contributed by atoms with E-state index >= 15 is 0 Å². The number of rotatable bonds is 5. The topological polar surface area (TPSA) is 55.4 Å². The van der Waals surface area contributed by atoms with Crippen molar-refractivity contribution in [3.8, 4) is 0 Å². The summed E-state index contributed by atoms with van der Waals surface area (Å²) in [5.41, 5.74) is 1.54. The summed E-state index contributed by atoms with van der Waals surface area (Å²) in [6.45, 7) is 2.19. The third-order valence-corrected chi connectivity index (χ3v) is 4.69. The largest absolute Gasteiger partial charge is 0.463 e. The van der Waals surface area contributed by atoms with Crippen LogP contribution in [-0.4, -0.2) is 18.5 Å². The van der Waals surface area contributed by atoms with Crippen LogP contribution in [0.25, 0.3) is 0 Å². The van der Waals surface area contributed by atoms with E-state index in [1.807, 2.05) is 0 Å². The lowest BCUT2D eigenvalue weighted by Crippen LogP contribution is -2.28. The normalized spacial score (nSPS) is 14.5. The first-order valence-corrected chi connectivity index (χ1v) is 8.88. The molecule has 1 aliphatic rings. The van der Waals surface area contributed by atoms with Crippen LogP contribution in [0, 0.1) is 0 Å². The van der Waals surface area contributed by atoms with Gasteiger partial charge in [-0.25, -0.2) is 4.79 Å². The number of carbonyl (C=O) groups excluding carboxylic acids is 2. The number of amides is 1. The van der Waals surface area contributed by atoms with Crippen molar-refractivity contribution in [2.45, 2.75) is 39.2 Å². The van der Waals surface area contributed by atoms with Gasteiger partial charge in [0, 0.05) is 38.3 Å². The maximum atomic E-state index is 12.5. The second-order valence-corrected chi connectivity index (χ2v) is 6.67. The molecule has 0 saturated heterocycles. The zero-order valence-corrected chi connectivity index (χ0v) is 15.5. The summed E-state index contributed by atoms with van der Waals surface area (Å²) in [6, 6.07) is 3.14. The van der Waals surface area contributed by atoms with E-state index in [0.29, 0.717) is 44.6 Å². The highest BCUT2D eigenvalue weighted by Gasteiger charge is 2.24. The molecule has 0 radical (unpaired) electrons. The minimum Gasteiger partial charge on any atom is -0.463 e. The summed E-state index contributed by atoms with van der Waals surface area (Å²) in [7, 11) is 0. The van der Waals surface area contributed by atoms with Crippen molar-refractivity contribution in [1.82, 2.24) is 5.32 Å². The average molecular weight is 391 g/mol. The van der Waals surface area contributed by atoms with Gasteiger partial charge in [-0.2, -0.15) is 0 Å². The highest BCUT2D eigenvalue weighted by molar-refractivity contribution is 6.39. The Balaban J connectivity index is 2.15. The molecular formula is C17H18Cl3NO3. The highest BCUT2D eigenvalue weighted by Crippen LogP contribution is 2.30. The first kappa shape index (κ1) is 19.1. The van der Waals surface area contributed by atoms with Crippen LogP contribution in [0.15, 0.2) is 23.3 Å². The van der Waals surface area contributed by atoms with Gasteiger partial charge in [-0.15, -0.1) is 0 Å². The maximum absolute atomic E-state index is 12.5. The minimum atomic E-state index is -0.412. The molecule has 24 heavy (non-hydrogen) atoms. The van der Waals surface area contributed by atoms with Gasteiger partial charge in [-0.1, -0.05) is 34.8 Å². The fraction of sp³-hybridized carbons (Fsp3) is 0.412. The number of benzene rings is 1. The molecule has 0 heterocycles. The zero-order chi connectivity index (χ0) is 17.7. The molecule has 0 saturated carbocycles. The minimum absolute atomic E-state index is 0.160. The van der Waals surface area contributed by atoms with Crippen molar-refractivity contribution >= 4 is 46.7 Å². The predicted molar refractivity (Wildman–Crippen MR) is 95.4 cm³/mol. The predicted octanol–water partition coefficient (Wildman–Crippen LogP) is 4.70. The number of hydrogen-bond donors (Lipinski definition) is 1. The van der Waals surface area contributed by atoms with Gasteiger partial charge in [0.05, 0.1) is 6.61 Å². The molecule has 0 unspecified atom stereocenters. The second-order valence-electron chi connectivity index (χ2n) is 5.42. The molecule has 1 aliphatic carbocycles. The fourth-order valence-corrected chi connectivity index (χ4v) is 3.57. The van der Waals surface area contributed by atoms with Crippen molar-refractivity contribution in [2.75, 3.05) is 6.61 Å². The summed E-state index contributed by atoms with van der Waals surface area (Å²) in [6.07, 6.45) is 2.86. The van der Waals surface area contributed by atoms with E-state index in [-0.39, 0.29) is 19.1 Å². The van der Waals surface area contributed by atoms with Crippen molar-refractivity contribution in [2.24, 2.45) is 0 Å². The first-order chi connectivity index (χ1) is 11.4. The summed E-state index contributed by atoms with van der Waals surface area (Å²) < 4.78 is 5.04. The standard InChI is InChI=1S/C17H18Cl3NO3/c1-2-24-17(23)12-6-4-3-5-11(12)16(22)21-9-13-14(19)7-10(18)8-15(13)20/h7-8H,2-6,9H2,1H3,(H,21,22). The molecule has 130 valence electrons. The molecule has 0 atom stereocenters. The van der Waals surface area contributed by atoms with Crippen LogP contribution in [-0.2, 0) is 20.9 Å². The highest BCUT2D eigenvalue weighted by atomic mass is 35.5. The quantitative estimate of drug-likeness (QED) is 0.742. The summed E-state index contributed by atoms with van der Waals surface area (Å²) in [5.74, 6) is -0.704. The van der Waals surface area contributed by atoms with Crippen molar-refractivity contribution in [3.63, 3.8) is 0 Å². The van der Waals surface area contributed by atoms with Gasteiger partial charge in [-0.05, 0) is 44.7 Å². The molecule has 4 nitrogen and oxygen atoms in total. The molecule has 1 aromatic carbocycles. The van der Waals surface area contributed by atoms with Gasteiger partial charge in [0.15, 0.2) is 0 Å². The summed E-state index contributed by atoms with van der Waals surface area (Å²) >= 11 is 18.1. The smallest absolute Gasteiger partial charge is 0.334 e. The Morgan fingerprint density at radius 3 is 2.25 bits per heavy atom. The number of ether oxygens (including phenoxy) is 1. The van der Waals surface area contributed by atoms with E-state index in [1.165, 1.54) is 0 Å². The van der Waals surface area contributed by atoms with Crippen LogP contribution in [0.1, 0.15) is 38.2 Å². The molecule has 0 spiro atoms. The van der Waals surface area contributed by atoms with E-state index in [9.17, 15) is 9.59 Å². The van der Waals surface area contributed by atoms with Crippen LogP contribution >= 0.6 is 34.8 Å².